The summed E-state index contributed by atoms with van der Waals surface area (Å²) in [6, 6.07) is 3.43. The molecule has 5 nitrogen and oxygen atoms in total. The van der Waals surface area contributed by atoms with Gasteiger partial charge in [0.05, 0.1) is 17.6 Å². The number of hydrogen-bond donors (Lipinski definition) is 1. The molecular weight excluding hydrogens is 294 g/mol. The molecule has 86 valence electrons. The molecule has 0 saturated carbocycles. The molecule has 0 unspecified atom stereocenters. The molecule has 2 heterocycles. The summed E-state index contributed by atoms with van der Waals surface area (Å²) in [7, 11) is -3.25. The van der Waals surface area contributed by atoms with Crippen LogP contribution in [0.15, 0.2) is 22.9 Å². The highest BCUT2D eigenvalue weighted by atomic mass is 79.9. The van der Waals surface area contributed by atoms with E-state index in [0.29, 0.717) is 5.69 Å². The molecule has 0 atom stereocenters. The lowest BCUT2D eigenvalue weighted by atomic mass is 10.4. The van der Waals surface area contributed by atoms with Gasteiger partial charge in [-0.25, -0.2) is 13.4 Å². The van der Waals surface area contributed by atoms with E-state index >= 15 is 0 Å². The Morgan fingerprint density at radius 3 is 2.75 bits per heavy atom. The highest BCUT2D eigenvalue weighted by Crippen LogP contribution is 2.20. The standard InChI is InChI=1S/C9H10BrN3O2S/c1-6-9(10)13-5-7(12-16(2,14)15)3-4-8(13)11-6/h3-5,12H,1-2H3. The van der Waals surface area contributed by atoms with Crippen molar-refractivity contribution >= 4 is 37.3 Å². The molecule has 7 heteroatoms. The first-order valence-electron chi connectivity index (χ1n) is 4.49. The Labute approximate surface area is 102 Å². The number of imidazole rings is 1. The number of fused-ring (bicyclic) bond motifs is 1. The predicted octanol–water partition coefficient (Wildman–Crippen LogP) is 1.78. The Balaban J connectivity index is 2.55. The third-order valence-electron chi connectivity index (χ3n) is 2.02. The summed E-state index contributed by atoms with van der Waals surface area (Å²) in [6.45, 7) is 1.88. The fourth-order valence-electron chi connectivity index (χ4n) is 1.41. The number of nitrogens with zero attached hydrogens (tertiary/aromatic N) is 2. The van der Waals surface area contributed by atoms with Gasteiger partial charge in [0.2, 0.25) is 10.0 Å². The van der Waals surface area contributed by atoms with Crippen LogP contribution in [-0.4, -0.2) is 24.1 Å². The van der Waals surface area contributed by atoms with Crippen molar-refractivity contribution in [3.63, 3.8) is 0 Å². The number of pyridine rings is 1. The number of nitrogens with one attached hydrogen (secondary N) is 1. The molecule has 1 N–H and O–H groups in total. The molecule has 0 radical (unpaired) electrons. The second kappa shape index (κ2) is 3.74. The molecular formula is C9H10BrN3O2S. The van der Waals surface area contributed by atoms with E-state index in [1.165, 1.54) is 0 Å². The van der Waals surface area contributed by atoms with Crippen molar-refractivity contribution < 1.29 is 8.42 Å². The number of sulfonamides is 1. The average molecular weight is 304 g/mol. The Hall–Kier alpha value is -1.08. The molecule has 16 heavy (non-hydrogen) atoms. The van der Waals surface area contributed by atoms with Gasteiger partial charge in [0.25, 0.3) is 0 Å². The molecule has 0 fully saturated rings. The minimum Gasteiger partial charge on any atom is -0.292 e. The number of aromatic nitrogens is 2. The summed E-state index contributed by atoms with van der Waals surface area (Å²) in [6.07, 6.45) is 2.80. The van der Waals surface area contributed by atoms with Gasteiger partial charge in [-0.3, -0.25) is 9.12 Å². The molecule has 0 saturated heterocycles. The second-order valence-corrected chi connectivity index (χ2v) is 6.01. The van der Waals surface area contributed by atoms with Crippen molar-refractivity contribution in [1.29, 1.82) is 0 Å². The first-order valence-corrected chi connectivity index (χ1v) is 7.17. The van der Waals surface area contributed by atoms with Crippen LogP contribution in [-0.2, 0) is 10.0 Å². The summed E-state index contributed by atoms with van der Waals surface area (Å²) in [4.78, 5) is 4.29. The zero-order valence-electron chi connectivity index (χ0n) is 8.73. The topological polar surface area (TPSA) is 63.5 Å². The monoisotopic (exact) mass is 303 g/mol. The van der Waals surface area contributed by atoms with Gasteiger partial charge < -0.3 is 0 Å². The number of aryl methyl sites for hydroxylation is 1. The Bertz CT molecular complexity index is 648. The largest absolute Gasteiger partial charge is 0.292 e. The van der Waals surface area contributed by atoms with E-state index in [-0.39, 0.29) is 0 Å². The molecule has 0 amide bonds. The number of anilines is 1. The maximum atomic E-state index is 11.1. The molecule has 0 spiro atoms. The van der Waals surface area contributed by atoms with E-state index in [1.54, 1.807) is 22.7 Å². The third-order valence-corrected chi connectivity index (χ3v) is 3.58. The first-order chi connectivity index (χ1) is 7.37. The van der Waals surface area contributed by atoms with Gasteiger partial charge >= 0.3 is 0 Å². The van der Waals surface area contributed by atoms with Crippen molar-refractivity contribution in [2.24, 2.45) is 0 Å². The molecule has 2 rings (SSSR count). The van der Waals surface area contributed by atoms with E-state index in [9.17, 15) is 8.42 Å². The smallest absolute Gasteiger partial charge is 0.229 e. The highest BCUT2D eigenvalue weighted by molar-refractivity contribution is 9.10. The van der Waals surface area contributed by atoms with Crippen molar-refractivity contribution in [3.05, 3.63) is 28.6 Å². The number of halogens is 1. The predicted molar refractivity (Wildman–Crippen MR) is 66.1 cm³/mol. The van der Waals surface area contributed by atoms with Crippen LogP contribution in [0.5, 0.6) is 0 Å². The van der Waals surface area contributed by atoms with Crippen molar-refractivity contribution in [1.82, 2.24) is 9.38 Å². The number of rotatable bonds is 2. The normalized spacial score (nSPS) is 11.9. The minimum absolute atomic E-state index is 0.508. The summed E-state index contributed by atoms with van der Waals surface area (Å²) in [5, 5.41) is 0. The van der Waals surface area contributed by atoms with E-state index in [1.807, 2.05) is 6.92 Å². The Kier molecular flexibility index (Phi) is 2.67. The fourth-order valence-corrected chi connectivity index (χ4v) is 2.33. The van der Waals surface area contributed by atoms with Crippen LogP contribution in [0.3, 0.4) is 0 Å². The second-order valence-electron chi connectivity index (χ2n) is 3.51. The van der Waals surface area contributed by atoms with Gasteiger partial charge in [-0.15, -0.1) is 0 Å². The van der Waals surface area contributed by atoms with Crippen LogP contribution in [0.25, 0.3) is 5.65 Å². The Morgan fingerprint density at radius 2 is 2.12 bits per heavy atom. The van der Waals surface area contributed by atoms with Crippen LogP contribution in [0.1, 0.15) is 5.69 Å². The number of hydrogen-bond acceptors (Lipinski definition) is 3. The molecule has 0 aliphatic carbocycles. The molecule has 0 aliphatic heterocycles. The van der Waals surface area contributed by atoms with Gasteiger partial charge in [-0.1, -0.05) is 0 Å². The highest BCUT2D eigenvalue weighted by Gasteiger charge is 2.07. The minimum atomic E-state index is -3.25. The third kappa shape index (κ3) is 2.19. The fraction of sp³-hybridized carbons (Fsp3) is 0.222. The van der Waals surface area contributed by atoms with E-state index in [2.05, 4.69) is 25.6 Å². The summed E-state index contributed by atoms with van der Waals surface area (Å²) in [5.41, 5.74) is 2.13. The van der Waals surface area contributed by atoms with Crippen LogP contribution < -0.4 is 4.72 Å². The van der Waals surface area contributed by atoms with E-state index in [0.717, 1.165) is 22.2 Å². The lowest BCUT2D eigenvalue weighted by molar-refractivity contribution is 0.607. The lowest BCUT2D eigenvalue weighted by Crippen LogP contribution is -2.09. The van der Waals surface area contributed by atoms with Crippen molar-refractivity contribution in [3.8, 4) is 0 Å². The molecule has 2 aromatic rings. The van der Waals surface area contributed by atoms with E-state index in [4.69, 9.17) is 0 Å². The van der Waals surface area contributed by atoms with Crippen molar-refractivity contribution in [2.45, 2.75) is 6.92 Å². The van der Waals surface area contributed by atoms with Crippen LogP contribution in [0.2, 0.25) is 0 Å². The van der Waals surface area contributed by atoms with Crippen molar-refractivity contribution in [2.75, 3.05) is 11.0 Å². The van der Waals surface area contributed by atoms with Gasteiger partial charge in [0, 0.05) is 6.20 Å². The van der Waals surface area contributed by atoms with Crippen LogP contribution >= 0.6 is 15.9 Å². The van der Waals surface area contributed by atoms with Gasteiger partial charge in [-0.2, -0.15) is 0 Å². The van der Waals surface area contributed by atoms with Gasteiger partial charge in [0.15, 0.2) is 0 Å². The quantitative estimate of drug-likeness (QED) is 0.920. The Morgan fingerprint density at radius 1 is 1.44 bits per heavy atom. The summed E-state index contributed by atoms with van der Waals surface area (Å²) < 4.78 is 27.2. The van der Waals surface area contributed by atoms with Crippen LogP contribution in [0, 0.1) is 6.92 Å². The zero-order chi connectivity index (χ0) is 11.9. The molecule has 0 aromatic carbocycles. The summed E-state index contributed by atoms with van der Waals surface area (Å²) in [5.74, 6) is 0. The van der Waals surface area contributed by atoms with Gasteiger partial charge in [0.1, 0.15) is 10.3 Å². The SMILES string of the molecule is Cc1nc2ccc(NS(C)(=O)=O)cn2c1Br. The zero-order valence-corrected chi connectivity index (χ0v) is 11.1. The maximum absolute atomic E-state index is 11.1. The van der Waals surface area contributed by atoms with E-state index < -0.39 is 10.0 Å². The molecule has 0 aliphatic rings. The van der Waals surface area contributed by atoms with Crippen LogP contribution in [0.4, 0.5) is 5.69 Å². The molecule has 0 bridgehead atoms. The average Bonchev–Trinajstić information content (AvgIpc) is 2.42. The molecule has 2 aromatic heterocycles. The first kappa shape index (κ1) is 11.4. The lowest BCUT2D eigenvalue weighted by Gasteiger charge is -2.04. The summed E-state index contributed by atoms with van der Waals surface area (Å²) >= 11 is 3.39. The van der Waals surface area contributed by atoms with Gasteiger partial charge in [-0.05, 0) is 35.0 Å². The maximum Gasteiger partial charge on any atom is 0.229 e.